The van der Waals surface area contributed by atoms with E-state index in [9.17, 15) is 14.0 Å². The SMILES string of the molecule is CCc1ccccc1NC(=O)CN1CCN(C(=O)CSc2ncc(-c3ccc(F)cc3)o2)CC1. The van der Waals surface area contributed by atoms with E-state index in [-0.39, 0.29) is 23.4 Å². The van der Waals surface area contributed by atoms with Crippen molar-refractivity contribution in [2.24, 2.45) is 0 Å². The number of nitrogens with one attached hydrogen (secondary N) is 1. The van der Waals surface area contributed by atoms with Crippen LogP contribution in [0, 0.1) is 5.82 Å². The lowest BCUT2D eigenvalue weighted by atomic mass is 10.1. The van der Waals surface area contributed by atoms with Crippen molar-refractivity contribution >= 4 is 29.3 Å². The van der Waals surface area contributed by atoms with Crippen LogP contribution in [-0.4, -0.2) is 65.1 Å². The fourth-order valence-electron chi connectivity index (χ4n) is 3.79. The smallest absolute Gasteiger partial charge is 0.256 e. The van der Waals surface area contributed by atoms with Gasteiger partial charge in [0, 0.05) is 37.4 Å². The number of aryl methyl sites for hydroxylation is 1. The molecule has 1 aliphatic heterocycles. The van der Waals surface area contributed by atoms with Gasteiger partial charge in [0.15, 0.2) is 5.76 Å². The number of thioether (sulfide) groups is 1. The van der Waals surface area contributed by atoms with Crippen molar-refractivity contribution < 1.29 is 18.4 Å². The van der Waals surface area contributed by atoms with Gasteiger partial charge in [-0.3, -0.25) is 14.5 Å². The largest absolute Gasteiger partial charge is 0.431 e. The molecule has 7 nitrogen and oxygen atoms in total. The van der Waals surface area contributed by atoms with E-state index in [2.05, 4.69) is 22.1 Å². The first-order valence-corrected chi connectivity index (χ1v) is 12.2. The van der Waals surface area contributed by atoms with Crippen LogP contribution in [0.5, 0.6) is 0 Å². The Balaban J connectivity index is 1.20. The molecule has 2 amide bonds. The highest BCUT2D eigenvalue weighted by Crippen LogP contribution is 2.26. The Morgan fingerprint density at radius 3 is 2.56 bits per heavy atom. The average Bonchev–Trinajstić information content (AvgIpc) is 3.33. The van der Waals surface area contributed by atoms with Crippen LogP contribution in [0.15, 0.2) is 64.4 Å². The van der Waals surface area contributed by atoms with Crippen LogP contribution in [0.25, 0.3) is 11.3 Å². The third-order valence-electron chi connectivity index (χ3n) is 5.70. The minimum absolute atomic E-state index is 0.00695. The van der Waals surface area contributed by atoms with Crippen LogP contribution >= 0.6 is 11.8 Å². The van der Waals surface area contributed by atoms with Crippen molar-refractivity contribution in [2.75, 3.05) is 43.8 Å². The summed E-state index contributed by atoms with van der Waals surface area (Å²) in [5, 5.41) is 3.40. The Bertz CT molecular complexity index is 1130. The number of rotatable bonds is 8. The molecule has 3 aromatic rings. The van der Waals surface area contributed by atoms with Gasteiger partial charge in [0.2, 0.25) is 11.8 Å². The molecule has 0 saturated carbocycles. The molecule has 9 heteroatoms. The van der Waals surface area contributed by atoms with Crippen LogP contribution in [-0.2, 0) is 16.0 Å². The molecular weight excluding hydrogens is 455 g/mol. The number of oxazole rings is 1. The molecule has 1 aliphatic rings. The van der Waals surface area contributed by atoms with E-state index in [0.29, 0.717) is 43.7 Å². The fraction of sp³-hybridized carbons (Fsp3) is 0.320. The molecule has 0 unspecified atom stereocenters. The minimum atomic E-state index is -0.314. The highest BCUT2D eigenvalue weighted by atomic mass is 32.2. The Morgan fingerprint density at radius 2 is 1.82 bits per heavy atom. The Morgan fingerprint density at radius 1 is 1.09 bits per heavy atom. The normalized spacial score (nSPS) is 14.2. The van der Waals surface area contributed by atoms with E-state index < -0.39 is 0 Å². The van der Waals surface area contributed by atoms with E-state index in [1.165, 1.54) is 23.9 Å². The Hall–Kier alpha value is -3.17. The summed E-state index contributed by atoms with van der Waals surface area (Å²) < 4.78 is 18.8. The molecule has 0 spiro atoms. The summed E-state index contributed by atoms with van der Waals surface area (Å²) in [5.74, 6) is 0.400. The molecule has 178 valence electrons. The minimum Gasteiger partial charge on any atom is -0.431 e. The lowest BCUT2D eigenvalue weighted by molar-refractivity contribution is -0.130. The quantitative estimate of drug-likeness (QED) is 0.491. The van der Waals surface area contributed by atoms with Crippen molar-refractivity contribution in [2.45, 2.75) is 18.6 Å². The second kappa shape index (κ2) is 11.3. The fourth-order valence-corrected chi connectivity index (χ4v) is 4.49. The number of hydrogen-bond donors (Lipinski definition) is 1. The van der Waals surface area contributed by atoms with E-state index in [4.69, 9.17) is 4.42 Å². The topological polar surface area (TPSA) is 78.7 Å². The maximum Gasteiger partial charge on any atom is 0.256 e. The molecular formula is C25H27FN4O3S. The van der Waals surface area contributed by atoms with E-state index in [1.807, 2.05) is 24.3 Å². The zero-order valence-corrected chi connectivity index (χ0v) is 19.8. The van der Waals surface area contributed by atoms with Gasteiger partial charge in [-0.25, -0.2) is 9.37 Å². The number of piperazine rings is 1. The second-order valence-corrected chi connectivity index (χ2v) is 8.93. The van der Waals surface area contributed by atoms with Crippen LogP contribution < -0.4 is 5.32 Å². The predicted octanol–water partition coefficient (Wildman–Crippen LogP) is 3.92. The summed E-state index contributed by atoms with van der Waals surface area (Å²) >= 11 is 1.24. The summed E-state index contributed by atoms with van der Waals surface area (Å²) in [6.07, 6.45) is 2.43. The Kier molecular flexibility index (Phi) is 7.97. The van der Waals surface area contributed by atoms with Crippen LogP contribution in [0.3, 0.4) is 0 Å². The molecule has 34 heavy (non-hydrogen) atoms. The van der Waals surface area contributed by atoms with Gasteiger partial charge in [0.25, 0.3) is 5.22 Å². The summed E-state index contributed by atoms with van der Waals surface area (Å²) in [4.78, 5) is 33.2. The molecule has 2 aromatic carbocycles. The number of anilines is 1. The molecule has 1 saturated heterocycles. The van der Waals surface area contributed by atoms with E-state index in [0.717, 1.165) is 23.2 Å². The maximum absolute atomic E-state index is 13.1. The number of carbonyl (C=O) groups excluding carboxylic acids is 2. The zero-order chi connectivity index (χ0) is 23.9. The zero-order valence-electron chi connectivity index (χ0n) is 19.0. The third-order valence-corrected chi connectivity index (χ3v) is 6.52. The summed E-state index contributed by atoms with van der Waals surface area (Å²) in [7, 11) is 0. The highest BCUT2D eigenvalue weighted by molar-refractivity contribution is 7.99. The number of para-hydroxylation sites is 1. The van der Waals surface area contributed by atoms with Crippen molar-refractivity contribution in [1.29, 1.82) is 0 Å². The standard InChI is InChI=1S/C25H27FN4O3S/c1-2-18-5-3-4-6-21(18)28-23(31)16-29-11-13-30(14-12-29)24(32)17-34-25-27-15-22(33-25)19-7-9-20(26)10-8-19/h3-10,15H,2,11-14,16-17H2,1H3,(H,28,31). The average molecular weight is 483 g/mol. The molecule has 0 aliphatic carbocycles. The van der Waals surface area contributed by atoms with Gasteiger partial charge in [0.05, 0.1) is 18.5 Å². The van der Waals surface area contributed by atoms with Crippen molar-refractivity contribution in [3.05, 3.63) is 66.1 Å². The van der Waals surface area contributed by atoms with Gasteiger partial charge >= 0.3 is 0 Å². The first-order valence-electron chi connectivity index (χ1n) is 11.2. The number of amides is 2. The Labute approximate surface area is 202 Å². The van der Waals surface area contributed by atoms with Gasteiger partial charge in [-0.05, 0) is 42.3 Å². The van der Waals surface area contributed by atoms with Gasteiger partial charge in [-0.15, -0.1) is 0 Å². The molecule has 4 rings (SSSR count). The maximum atomic E-state index is 13.1. The molecule has 0 bridgehead atoms. The van der Waals surface area contributed by atoms with Crippen molar-refractivity contribution in [3.8, 4) is 11.3 Å². The van der Waals surface area contributed by atoms with Gasteiger partial charge in [-0.1, -0.05) is 36.9 Å². The van der Waals surface area contributed by atoms with Crippen LogP contribution in [0.2, 0.25) is 0 Å². The number of benzene rings is 2. The predicted molar refractivity (Wildman–Crippen MR) is 130 cm³/mol. The van der Waals surface area contributed by atoms with Gasteiger partial charge < -0.3 is 14.6 Å². The molecule has 1 N–H and O–H groups in total. The van der Waals surface area contributed by atoms with Crippen molar-refractivity contribution in [3.63, 3.8) is 0 Å². The van der Waals surface area contributed by atoms with E-state index in [1.54, 1.807) is 23.2 Å². The van der Waals surface area contributed by atoms with Gasteiger partial charge in [-0.2, -0.15) is 0 Å². The second-order valence-electron chi connectivity index (χ2n) is 8.00. The summed E-state index contributed by atoms with van der Waals surface area (Å²) in [5.41, 5.74) is 2.69. The monoisotopic (exact) mass is 482 g/mol. The molecule has 0 radical (unpaired) electrons. The van der Waals surface area contributed by atoms with Gasteiger partial charge in [0.1, 0.15) is 5.82 Å². The van der Waals surface area contributed by atoms with E-state index >= 15 is 0 Å². The number of carbonyl (C=O) groups is 2. The number of hydrogen-bond acceptors (Lipinski definition) is 6. The first-order chi connectivity index (χ1) is 16.5. The number of aromatic nitrogens is 1. The first kappa shape index (κ1) is 24.0. The van der Waals surface area contributed by atoms with Crippen LogP contribution in [0.1, 0.15) is 12.5 Å². The number of nitrogens with zero attached hydrogens (tertiary/aromatic N) is 3. The lowest BCUT2D eigenvalue weighted by Gasteiger charge is -2.34. The third kappa shape index (κ3) is 6.24. The van der Waals surface area contributed by atoms with Crippen molar-refractivity contribution in [1.82, 2.24) is 14.8 Å². The number of halogens is 1. The highest BCUT2D eigenvalue weighted by Gasteiger charge is 2.23. The molecule has 1 aromatic heterocycles. The summed E-state index contributed by atoms with van der Waals surface area (Å²) in [6.45, 7) is 4.80. The molecule has 1 fully saturated rings. The molecule has 2 heterocycles. The van der Waals surface area contributed by atoms with Crippen LogP contribution in [0.4, 0.5) is 10.1 Å². The summed E-state index contributed by atoms with van der Waals surface area (Å²) in [6, 6.07) is 13.8. The molecule has 0 atom stereocenters. The lowest BCUT2D eigenvalue weighted by Crippen LogP contribution is -2.50.